The molecule has 2 aromatic heterocycles. The summed E-state index contributed by atoms with van der Waals surface area (Å²) in [6.45, 7) is 0. The predicted octanol–water partition coefficient (Wildman–Crippen LogP) is 2.13. The number of thiophene rings is 1. The fraction of sp³-hybridized carbons (Fsp3) is 0.222. The molecule has 2 aromatic rings. The Morgan fingerprint density at radius 2 is 2.25 bits per heavy atom. The molecule has 2 heterocycles. The Morgan fingerprint density at radius 1 is 1.38 bits per heavy atom. The van der Waals surface area contributed by atoms with E-state index < -0.39 is 0 Å². The summed E-state index contributed by atoms with van der Waals surface area (Å²) >= 11 is 3.14. The number of aromatic nitrogens is 3. The Bertz CT molecular complexity index is 438. The average molecular weight is 254 g/mol. The van der Waals surface area contributed by atoms with E-state index >= 15 is 0 Å². The number of rotatable bonds is 4. The molecule has 5 nitrogen and oxygen atoms in total. The largest absolute Gasteiger partial charge is 0.467 e. The molecule has 0 radical (unpaired) electrons. The number of nitrogens with zero attached hydrogens (tertiary/aromatic N) is 3. The van der Waals surface area contributed by atoms with E-state index in [9.17, 15) is 0 Å². The van der Waals surface area contributed by atoms with E-state index in [1.807, 2.05) is 17.5 Å². The lowest BCUT2D eigenvalue weighted by Gasteiger charge is -2.03. The quantitative estimate of drug-likeness (QED) is 0.902. The van der Waals surface area contributed by atoms with Crippen LogP contribution in [-0.4, -0.2) is 29.1 Å². The average Bonchev–Trinajstić information content (AvgIpc) is 2.81. The number of hydrogen-bond acceptors (Lipinski definition) is 7. The Kier molecular flexibility index (Phi) is 3.58. The highest BCUT2D eigenvalue weighted by atomic mass is 32.2. The maximum atomic E-state index is 5.00. The van der Waals surface area contributed by atoms with Crippen molar-refractivity contribution in [1.29, 1.82) is 0 Å². The van der Waals surface area contributed by atoms with Crippen LogP contribution in [0.4, 0.5) is 5.95 Å². The summed E-state index contributed by atoms with van der Waals surface area (Å²) in [7, 11) is 3.29. The second-order valence-corrected chi connectivity index (χ2v) is 4.93. The molecule has 0 bridgehead atoms. The Balaban J connectivity index is 2.26. The van der Waals surface area contributed by atoms with Gasteiger partial charge in [0.1, 0.15) is 0 Å². The van der Waals surface area contributed by atoms with Crippen molar-refractivity contribution in [3.63, 3.8) is 0 Å². The zero-order chi connectivity index (χ0) is 11.4. The zero-order valence-electron chi connectivity index (χ0n) is 8.80. The molecule has 0 aliphatic heterocycles. The fourth-order valence-electron chi connectivity index (χ4n) is 0.998. The van der Waals surface area contributed by atoms with Crippen molar-refractivity contribution < 1.29 is 4.74 Å². The molecular weight excluding hydrogens is 244 g/mol. The van der Waals surface area contributed by atoms with Gasteiger partial charge in [-0.3, -0.25) is 0 Å². The number of ether oxygens (including phenoxy) is 1. The van der Waals surface area contributed by atoms with Gasteiger partial charge in [0.2, 0.25) is 11.1 Å². The molecule has 0 saturated heterocycles. The van der Waals surface area contributed by atoms with Gasteiger partial charge < -0.3 is 10.1 Å². The lowest BCUT2D eigenvalue weighted by molar-refractivity contribution is 0.374. The third-order valence-corrected chi connectivity index (χ3v) is 3.59. The summed E-state index contributed by atoms with van der Waals surface area (Å²) < 4.78 is 6.14. The second-order valence-electron chi connectivity index (χ2n) is 2.71. The SMILES string of the molecule is CNc1nc(OC)nc(Sc2cccs2)n1. The maximum Gasteiger partial charge on any atom is 0.321 e. The smallest absolute Gasteiger partial charge is 0.321 e. The van der Waals surface area contributed by atoms with Crippen molar-refractivity contribution in [2.24, 2.45) is 0 Å². The molecule has 1 N–H and O–H groups in total. The van der Waals surface area contributed by atoms with E-state index in [0.717, 1.165) is 4.21 Å². The minimum atomic E-state index is 0.318. The standard InChI is InChI=1S/C9H10N4OS2/c1-10-7-11-8(14-2)13-9(12-7)16-6-4-3-5-15-6/h3-5H,1-2H3,(H,10,11,12,13). The number of methoxy groups -OCH3 is 1. The van der Waals surface area contributed by atoms with Crippen LogP contribution in [0.1, 0.15) is 0 Å². The lowest BCUT2D eigenvalue weighted by Crippen LogP contribution is -2.02. The molecule has 2 rings (SSSR count). The summed E-state index contributed by atoms with van der Waals surface area (Å²) in [5.74, 6) is 0.505. The van der Waals surface area contributed by atoms with Gasteiger partial charge in [-0.15, -0.1) is 11.3 Å². The fourth-order valence-corrected chi connectivity index (χ4v) is 2.61. The van der Waals surface area contributed by atoms with Gasteiger partial charge in [0.05, 0.1) is 11.3 Å². The van der Waals surface area contributed by atoms with Crippen LogP contribution in [0, 0.1) is 0 Å². The van der Waals surface area contributed by atoms with E-state index in [2.05, 4.69) is 20.3 Å². The van der Waals surface area contributed by atoms with Crippen LogP contribution >= 0.6 is 23.1 Å². The zero-order valence-corrected chi connectivity index (χ0v) is 10.4. The molecule has 7 heteroatoms. The molecule has 0 atom stereocenters. The number of nitrogens with one attached hydrogen (secondary N) is 1. The van der Waals surface area contributed by atoms with Crippen LogP contribution in [-0.2, 0) is 0 Å². The maximum absolute atomic E-state index is 5.00. The van der Waals surface area contributed by atoms with E-state index in [4.69, 9.17) is 4.74 Å². The second kappa shape index (κ2) is 5.13. The Hall–Kier alpha value is -1.34. The highest BCUT2D eigenvalue weighted by Gasteiger charge is 2.07. The summed E-state index contributed by atoms with van der Waals surface area (Å²) in [5, 5.41) is 5.51. The van der Waals surface area contributed by atoms with Gasteiger partial charge in [0.25, 0.3) is 0 Å². The number of anilines is 1. The highest BCUT2D eigenvalue weighted by molar-refractivity contribution is 8.01. The lowest BCUT2D eigenvalue weighted by atomic mass is 10.7. The van der Waals surface area contributed by atoms with Crippen LogP contribution in [0.15, 0.2) is 26.9 Å². The van der Waals surface area contributed by atoms with Gasteiger partial charge in [-0.05, 0) is 23.2 Å². The van der Waals surface area contributed by atoms with E-state index in [0.29, 0.717) is 17.1 Å². The van der Waals surface area contributed by atoms with Crippen molar-refractivity contribution in [3.05, 3.63) is 17.5 Å². The van der Waals surface area contributed by atoms with Gasteiger partial charge in [-0.2, -0.15) is 15.0 Å². The van der Waals surface area contributed by atoms with Crippen molar-refractivity contribution >= 4 is 29.0 Å². The normalized spacial score (nSPS) is 10.1. The molecule has 0 unspecified atom stereocenters. The first-order chi connectivity index (χ1) is 7.81. The highest BCUT2D eigenvalue weighted by Crippen LogP contribution is 2.29. The van der Waals surface area contributed by atoms with Crippen LogP contribution < -0.4 is 10.1 Å². The Labute approximate surface area is 101 Å². The topological polar surface area (TPSA) is 59.9 Å². The first-order valence-corrected chi connectivity index (χ1v) is 6.20. The third kappa shape index (κ3) is 2.61. The molecule has 0 saturated carbocycles. The summed E-state index contributed by atoms with van der Waals surface area (Å²) in [4.78, 5) is 12.4. The minimum Gasteiger partial charge on any atom is -0.467 e. The van der Waals surface area contributed by atoms with Crippen molar-refractivity contribution in [3.8, 4) is 6.01 Å². The number of hydrogen-bond donors (Lipinski definition) is 1. The summed E-state index contributed by atoms with van der Waals surface area (Å²) in [6.07, 6.45) is 0. The van der Waals surface area contributed by atoms with Crippen LogP contribution in [0.25, 0.3) is 0 Å². The molecule has 84 valence electrons. The molecule has 0 aliphatic rings. The first-order valence-electron chi connectivity index (χ1n) is 4.51. The molecule has 0 spiro atoms. The van der Waals surface area contributed by atoms with Crippen LogP contribution in [0.2, 0.25) is 0 Å². The van der Waals surface area contributed by atoms with Crippen molar-refractivity contribution in [2.75, 3.05) is 19.5 Å². The molecule has 0 fully saturated rings. The van der Waals surface area contributed by atoms with Gasteiger partial charge in [0.15, 0.2) is 0 Å². The van der Waals surface area contributed by atoms with Gasteiger partial charge in [0, 0.05) is 7.05 Å². The Morgan fingerprint density at radius 3 is 2.88 bits per heavy atom. The van der Waals surface area contributed by atoms with E-state index in [1.54, 1.807) is 18.4 Å². The molecule has 0 aromatic carbocycles. The van der Waals surface area contributed by atoms with Gasteiger partial charge in [-0.25, -0.2) is 0 Å². The van der Waals surface area contributed by atoms with Gasteiger partial charge in [-0.1, -0.05) is 6.07 Å². The molecule has 16 heavy (non-hydrogen) atoms. The first kappa shape index (κ1) is 11.2. The monoisotopic (exact) mass is 254 g/mol. The third-order valence-electron chi connectivity index (χ3n) is 1.69. The predicted molar refractivity (Wildman–Crippen MR) is 64.4 cm³/mol. The summed E-state index contributed by atoms with van der Waals surface area (Å²) in [5.41, 5.74) is 0. The van der Waals surface area contributed by atoms with Crippen molar-refractivity contribution in [2.45, 2.75) is 9.37 Å². The minimum absolute atomic E-state index is 0.318. The molecule has 0 aliphatic carbocycles. The van der Waals surface area contributed by atoms with Crippen LogP contribution in [0.5, 0.6) is 6.01 Å². The van der Waals surface area contributed by atoms with Crippen molar-refractivity contribution in [1.82, 2.24) is 15.0 Å². The summed E-state index contributed by atoms with van der Waals surface area (Å²) in [6, 6.07) is 4.33. The van der Waals surface area contributed by atoms with E-state index in [-0.39, 0.29) is 0 Å². The van der Waals surface area contributed by atoms with Crippen LogP contribution in [0.3, 0.4) is 0 Å². The molecular formula is C9H10N4OS2. The van der Waals surface area contributed by atoms with Gasteiger partial charge >= 0.3 is 6.01 Å². The van der Waals surface area contributed by atoms with E-state index in [1.165, 1.54) is 18.9 Å². The molecule has 0 amide bonds.